The van der Waals surface area contributed by atoms with Gasteiger partial charge in [-0.1, -0.05) is 30.3 Å². The number of hydrogen-bond acceptors (Lipinski definition) is 3. The molecule has 104 valence electrons. The third-order valence-corrected chi connectivity index (χ3v) is 6.16. The van der Waals surface area contributed by atoms with Crippen molar-refractivity contribution in [3.05, 3.63) is 35.9 Å². The van der Waals surface area contributed by atoms with Gasteiger partial charge in [-0.15, -0.1) is 0 Å². The van der Waals surface area contributed by atoms with Crippen LogP contribution < -0.4 is 5.32 Å². The first kappa shape index (κ1) is 13.1. The summed E-state index contributed by atoms with van der Waals surface area (Å²) in [5.41, 5.74) is 1.03. The molecule has 3 nitrogen and oxygen atoms in total. The Morgan fingerprint density at radius 2 is 1.95 bits per heavy atom. The lowest BCUT2D eigenvalue weighted by molar-refractivity contribution is 0.322. The molecule has 1 saturated heterocycles. The molecule has 1 heterocycles. The maximum atomic E-state index is 11.7. The summed E-state index contributed by atoms with van der Waals surface area (Å²) in [6, 6.07) is 10.7. The highest BCUT2D eigenvalue weighted by molar-refractivity contribution is 7.91. The van der Waals surface area contributed by atoms with E-state index in [1.54, 1.807) is 0 Å². The molecule has 2 unspecified atom stereocenters. The summed E-state index contributed by atoms with van der Waals surface area (Å²) in [6.07, 6.45) is 3.22. The highest BCUT2D eigenvalue weighted by Crippen LogP contribution is 2.42. The lowest BCUT2D eigenvalue weighted by Crippen LogP contribution is -2.46. The molecule has 0 bridgehead atoms. The standard InChI is InChI=1S/C15H21NO2S/c1-15(9-10-19(17,18)11-15)16-14(13-7-8-13)12-5-3-2-4-6-12/h2-6,13-14,16H,7-11H2,1H3. The van der Waals surface area contributed by atoms with E-state index in [1.807, 2.05) is 6.07 Å². The maximum absolute atomic E-state index is 11.7. The summed E-state index contributed by atoms with van der Waals surface area (Å²) < 4.78 is 23.4. The summed E-state index contributed by atoms with van der Waals surface area (Å²) in [4.78, 5) is 0. The average Bonchev–Trinajstić information content (AvgIpc) is 3.15. The van der Waals surface area contributed by atoms with Crippen LogP contribution in [0.2, 0.25) is 0 Å². The molecule has 3 rings (SSSR count). The predicted octanol–water partition coefficient (Wildman–Crippen LogP) is 2.30. The number of hydrogen-bond donors (Lipinski definition) is 1. The maximum Gasteiger partial charge on any atom is 0.152 e. The lowest BCUT2D eigenvalue weighted by Gasteiger charge is -2.31. The highest BCUT2D eigenvalue weighted by Gasteiger charge is 2.42. The van der Waals surface area contributed by atoms with Gasteiger partial charge >= 0.3 is 0 Å². The van der Waals surface area contributed by atoms with Gasteiger partial charge in [-0.05, 0) is 37.7 Å². The Bertz CT molecular complexity index is 551. The molecule has 0 spiro atoms. The Balaban J connectivity index is 1.80. The number of nitrogens with one attached hydrogen (secondary N) is 1. The van der Waals surface area contributed by atoms with Crippen LogP contribution in [-0.4, -0.2) is 25.5 Å². The molecule has 2 atom stereocenters. The second-order valence-corrected chi connectivity index (χ2v) is 8.46. The van der Waals surface area contributed by atoms with Crippen molar-refractivity contribution in [1.29, 1.82) is 0 Å². The fraction of sp³-hybridized carbons (Fsp3) is 0.600. The monoisotopic (exact) mass is 279 g/mol. The van der Waals surface area contributed by atoms with Crippen molar-refractivity contribution in [2.24, 2.45) is 5.92 Å². The number of benzene rings is 1. The zero-order valence-corrected chi connectivity index (χ0v) is 12.1. The SMILES string of the molecule is CC1(NC(c2ccccc2)C2CC2)CCS(=O)(=O)C1. The third-order valence-electron chi connectivity index (χ3n) is 4.26. The molecular weight excluding hydrogens is 258 g/mol. The van der Waals surface area contributed by atoms with Gasteiger partial charge in [-0.25, -0.2) is 8.42 Å². The van der Waals surface area contributed by atoms with Crippen molar-refractivity contribution in [3.63, 3.8) is 0 Å². The van der Waals surface area contributed by atoms with E-state index in [9.17, 15) is 8.42 Å². The molecular formula is C15H21NO2S. The second kappa shape index (κ2) is 4.60. The van der Waals surface area contributed by atoms with Crippen molar-refractivity contribution in [3.8, 4) is 0 Å². The van der Waals surface area contributed by atoms with E-state index >= 15 is 0 Å². The van der Waals surface area contributed by atoms with Crippen LogP contribution in [0.4, 0.5) is 0 Å². The minimum Gasteiger partial charge on any atom is -0.303 e. The zero-order valence-electron chi connectivity index (χ0n) is 11.3. The van der Waals surface area contributed by atoms with Gasteiger partial charge < -0.3 is 5.32 Å². The first-order valence-electron chi connectivity index (χ1n) is 7.01. The van der Waals surface area contributed by atoms with Crippen molar-refractivity contribution in [2.75, 3.05) is 11.5 Å². The molecule has 1 aromatic rings. The summed E-state index contributed by atoms with van der Waals surface area (Å²) in [7, 11) is -2.85. The molecule has 1 saturated carbocycles. The molecule has 0 amide bonds. The van der Waals surface area contributed by atoms with Crippen LogP contribution in [0.1, 0.15) is 37.8 Å². The van der Waals surface area contributed by atoms with E-state index in [0.717, 1.165) is 6.42 Å². The fourth-order valence-corrected chi connectivity index (χ4v) is 5.17. The van der Waals surface area contributed by atoms with E-state index in [0.29, 0.717) is 17.7 Å². The van der Waals surface area contributed by atoms with Crippen molar-refractivity contribution < 1.29 is 8.42 Å². The van der Waals surface area contributed by atoms with E-state index in [4.69, 9.17) is 0 Å². The Labute approximate surface area is 115 Å². The summed E-state index contributed by atoms with van der Waals surface area (Å²) in [5.74, 6) is 1.26. The van der Waals surface area contributed by atoms with Crippen LogP contribution in [-0.2, 0) is 9.84 Å². The zero-order chi connectivity index (χ0) is 13.5. The highest BCUT2D eigenvalue weighted by atomic mass is 32.2. The summed E-state index contributed by atoms with van der Waals surface area (Å²) >= 11 is 0. The Hall–Kier alpha value is -0.870. The van der Waals surface area contributed by atoms with Gasteiger partial charge in [0.05, 0.1) is 11.5 Å². The van der Waals surface area contributed by atoms with E-state index in [-0.39, 0.29) is 11.3 Å². The Morgan fingerprint density at radius 3 is 2.47 bits per heavy atom. The third kappa shape index (κ3) is 3.00. The van der Waals surface area contributed by atoms with Crippen molar-refractivity contribution >= 4 is 9.84 Å². The first-order valence-corrected chi connectivity index (χ1v) is 8.83. The minimum absolute atomic E-state index is 0.262. The van der Waals surface area contributed by atoms with Crippen LogP contribution in [0.25, 0.3) is 0 Å². The van der Waals surface area contributed by atoms with Crippen LogP contribution in [0.3, 0.4) is 0 Å². The van der Waals surface area contributed by atoms with Gasteiger partial charge in [-0.3, -0.25) is 0 Å². The van der Waals surface area contributed by atoms with Crippen molar-refractivity contribution in [2.45, 2.75) is 37.8 Å². The van der Waals surface area contributed by atoms with Gasteiger partial charge in [-0.2, -0.15) is 0 Å². The molecule has 0 aromatic heterocycles. The average molecular weight is 279 g/mol. The Kier molecular flexibility index (Phi) is 3.18. The quantitative estimate of drug-likeness (QED) is 0.920. The normalized spacial score (nSPS) is 31.2. The predicted molar refractivity (Wildman–Crippen MR) is 76.7 cm³/mol. The van der Waals surface area contributed by atoms with Crippen molar-refractivity contribution in [1.82, 2.24) is 5.32 Å². The van der Waals surface area contributed by atoms with Crippen LogP contribution in [0.15, 0.2) is 30.3 Å². The minimum atomic E-state index is -2.85. The van der Waals surface area contributed by atoms with E-state index < -0.39 is 9.84 Å². The number of sulfone groups is 1. The van der Waals surface area contributed by atoms with Gasteiger partial charge in [0.15, 0.2) is 9.84 Å². The molecule has 4 heteroatoms. The molecule has 19 heavy (non-hydrogen) atoms. The van der Waals surface area contributed by atoms with E-state index in [2.05, 4.69) is 36.5 Å². The molecule has 1 N–H and O–H groups in total. The lowest BCUT2D eigenvalue weighted by atomic mass is 9.95. The molecule has 2 aliphatic rings. The van der Waals surface area contributed by atoms with Crippen LogP contribution in [0, 0.1) is 5.92 Å². The molecule has 1 aliphatic carbocycles. The molecule has 2 fully saturated rings. The van der Waals surface area contributed by atoms with Gasteiger partial charge in [0.25, 0.3) is 0 Å². The fourth-order valence-electron chi connectivity index (χ4n) is 3.06. The summed E-state index contributed by atoms with van der Waals surface area (Å²) in [6.45, 7) is 2.05. The first-order chi connectivity index (χ1) is 8.98. The largest absolute Gasteiger partial charge is 0.303 e. The van der Waals surface area contributed by atoms with Gasteiger partial charge in [0.2, 0.25) is 0 Å². The molecule has 1 aliphatic heterocycles. The number of rotatable bonds is 4. The smallest absolute Gasteiger partial charge is 0.152 e. The summed E-state index contributed by atoms with van der Waals surface area (Å²) in [5, 5.41) is 3.65. The van der Waals surface area contributed by atoms with E-state index in [1.165, 1.54) is 18.4 Å². The van der Waals surface area contributed by atoms with Crippen LogP contribution in [0.5, 0.6) is 0 Å². The Morgan fingerprint density at radius 1 is 1.26 bits per heavy atom. The van der Waals surface area contributed by atoms with Crippen LogP contribution >= 0.6 is 0 Å². The molecule has 1 aromatic carbocycles. The topological polar surface area (TPSA) is 46.2 Å². The molecule has 0 radical (unpaired) electrons. The van der Waals surface area contributed by atoms with Gasteiger partial charge in [0, 0.05) is 11.6 Å². The van der Waals surface area contributed by atoms with Gasteiger partial charge in [0.1, 0.15) is 0 Å². The second-order valence-electron chi connectivity index (χ2n) is 6.27.